The first kappa shape index (κ1) is 16.6. The van der Waals surface area contributed by atoms with Crippen LogP contribution in [0.3, 0.4) is 0 Å². The molecule has 0 spiro atoms. The molecule has 25 heavy (non-hydrogen) atoms. The van der Waals surface area contributed by atoms with E-state index in [2.05, 4.69) is 52.9 Å². The molecule has 1 N–H and O–H groups in total. The number of benzene rings is 1. The smallest absolute Gasteiger partial charge is 0.221 e. The zero-order valence-corrected chi connectivity index (χ0v) is 15.2. The molecule has 2 bridgehead atoms. The molecule has 5 heteroatoms. The highest BCUT2D eigenvalue weighted by Crippen LogP contribution is 2.30. The Morgan fingerprint density at radius 3 is 2.88 bits per heavy atom. The van der Waals surface area contributed by atoms with Crippen molar-refractivity contribution in [2.75, 3.05) is 6.54 Å². The molecule has 0 saturated carbocycles. The normalized spacial score (nSPS) is 24.0. The Labute approximate surface area is 149 Å². The van der Waals surface area contributed by atoms with Gasteiger partial charge in [0.2, 0.25) is 5.91 Å². The summed E-state index contributed by atoms with van der Waals surface area (Å²) in [6, 6.07) is 9.25. The summed E-state index contributed by atoms with van der Waals surface area (Å²) in [5, 5.41) is 3.07. The molecule has 2 aliphatic rings. The molecule has 1 aromatic carbocycles. The van der Waals surface area contributed by atoms with Crippen molar-refractivity contribution in [2.24, 2.45) is 5.92 Å². The topological polar surface area (TPSA) is 50.2 Å². The van der Waals surface area contributed by atoms with Gasteiger partial charge in [-0.1, -0.05) is 26.0 Å². The van der Waals surface area contributed by atoms with Crippen LogP contribution in [0.15, 0.2) is 24.3 Å². The third-order valence-electron chi connectivity index (χ3n) is 5.71. The number of rotatable bonds is 5. The monoisotopic (exact) mass is 340 g/mol. The van der Waals surface area contributed by atoms with Gasteiger partial charge in [0, 0.05) is 31.6 Å². The number of amides is 1. The van der Waals surface area contributed by atoms with Crippen LogP contribution in [0.25, 0.3) is 11.0 Å². The summed E-state index contributed by atoms with van der Waals surface area (Å²) in [4.78, 5) is 19.4. The predicted molar refractivity (Wildman–Crippen MR) is 99.2 cm³/mol. The predicted octanol–water partition coefficient (Wildman–Crippen LogP) is 2.94. The molecule has 4 rings (SSSR count). The van der Waals surface area contributed by atoms with Crippen LogP contribution < -0.4 is 5.32 Å². The molecule has 0 unspecified atom stereocenters. The fourth-order valence-corrected chi connectivity index (χ4v) is 4.28. The van der Waals surface area contributed by atoms with E-state index >= 15 is 0 Å². The summed E-state index contributed by atoms with van der Waals surface area (Å²) in [6.07, 6.45) is 4.09. The minimum Gasteiger partial charge on any atom is -0.354 e. The number of para-hydroxylation sites is 2. The first-order chi connectivity index (χ1) is 12.1. The van der Waals surface area contributed by atoms with Gasteiger partial charge in [-0.05, 0) is 37.3 Å². The number of aryl methyl sites for hydroxylation is 1. The minimum absolute atomic E-state index is 0.200. The molecule has 0 radical (unpaired) electrons. The Hall–Kier alpha value is -1.88. The lowest BCUT2D eigenvalue weighted by Crippen LogP contribution is -2.38. The Kier molecular flexibility index (Phi) is 4.50. The van der Waals surface area contributed by atoms with E-state index in [0.29, 0.717) is 24.4 Å². The lowest BCUT2D eigenvalue weighted by Gasteiger charge is -2.27. The van der Waals surface area contributed by atoms with Crippen molar-refractivity contribution in [2.45, 2.75) is 64.7 Å². The Morgan fingerprint density at radius 2 is 2.04 bits per heavy atom. The van der Waals surface area contributed by atoms with Gasteiger partial charge in [-0.15, -0.1) is 0 Å². The number of carbonyl (C=O) groups is 1. The molecule has 1 aromatic heterocycles. The number of fused-ring (bicyclic) bond motifs is 3. The molecule has 134 valence electrons. The van der Waals surface area contributed by atoms with Gasteiger partial charge in [-0.3, -0.25) is 9.69 Å². The summed E-state index contributed by atoms with van der Waals surface area (Å²) in [5.41, 5.74) is 2.31. The molecule has 5 nitrogen and oxygen atoms in total. The Balaban J connectivity index is 1.64. The summed E-state index contributed by atoms with van der Waals surface area (Å²) in [7, 11) is 0. The largest absolute Gasteiger partial charge is 0.354 e. The molecule has 2 saturated heterocycles. The molecule has 2 aromatic rings. The SMILES string of the molecule is CC(C)CCn1c(CN2[C@@H]3CC[C@H]2CNC(=O)C3)nc2ccccc21. The Bertz CT molecular complexity index is 766. The van der Waals surface area contributed by atoms with E-state index in [-0.39, 0.29) is 5.91 Å². The third-order valence-corrected chi connectivity index (χ3v) is 5.71. The number of carbonyl (C=O) groups excluding carboxylic acids is 1. The number of nitrogens with one attached hydrogen (secondary N) is 1. The lowest BCUT2D eigenvalue weighted by molar-refractivity contribution is -0.121. The van der Waals surface area contributed by atoms with E-state index in [0.717, 1.165) is 43.8 Å². The highest BCUT2D eigenvalue weighted by atomic mass is 16.1. The van der Waals surface area contributed by atoms with E-state index in [4.69, 9.17) is 4.98 Å². The number of hydrogen-bond acceptors (Lipinski definition) is 3. The van der Waals surface area contributed by atoms with E-state index in [1.54, 1.807) is 0 Å². The molecule has 2 atom stereocenters. The molecule has 1 amide bonds. The average molecular weight is 340 g/mol. The highest BCUT2D eigenvalue weighted by Gasteiger charge is 2.37. The van der Waals surface area contributed by atoms with Crippen LogP contribution in [0.4, 0.5) is 0 Å². The van der Waals surface area contributed by atoms with Crippen molar-refractivity contribution < 1.29 is 4.79 Å². The van der Waals surface area contributed by atoms with Gasteiger partial charge >= 0.3 is 0 Å². The standard InChI is InChI=1S/C20H28N4O/c1-14(2)9-10-23-18-6-4-3-5-17(18)22-19(23)13-24-15-7-8-16(24)12-21-20(25)11-15/h3-6,14-16H,7-13H2,1-2H3,(H,21,25)/t15-,16+/m1/s1. The van der Waals surface area contributed by atoms with Crippen LogP contribution in [-0.2, 0) is 17.9 Å². The molecule has 0 aliphatic carbocycles. The van der Waals surface area contributed by atoms with Gasteiger partial charge in [0.25, 0.3) is 0 Å². The number of hydrogen-bond donors (Lipinski definition) is 1. The summed E-state index contributed by atoms with van der Waals surface area (Å²) >= 11 is 0. The summed E-state index contributed by atoms with van der Waals surface area (Å²) in [6.45, 7) is 7.17. The van der Waals surface area contributed by atoms with E-state index in [9.17, 15) is 4.79 Å². The van der Waals surface area contributed by atoms with Crippen LogP contribution in [0.1, 0.15) is 45.4 Å². The van der Waals surface area contributed by atoms with Gasteiger partial charge < -0.3 is 9.88 Å². The van der Waals surface area contributed by atoms with Gasteiger partial charge in [-0.25, -0.2) is 4.98 Å². The molecular weight excluding hydrogens is 312 g/mol. The lowest BCUT2D eigenvalue weighted by atomic mass is 10.1. The average Bonchev–Trinajstić information content (AvgIpc) is 3.07. The van der Waals surface area contributed by atoms with E-state index in [1.807, 2.05) is 0 Å². The van der Waals surface area contributed by atoms with Gasteiger partial charge in [-0.2, -0.15) is 0 Å². The van der Waals surface area contributed by atoms with Crippen molar-refractivity contribution in [3.63, 3.8) is 0 Å². The fourth-order valence-electron chi connectivity index (χ4n) is 4.28. The molecule has 2 aliphatic heterocycles. The van der Waals surface area contributed by atoms with Crippen LogP contribution in [0, 0.1) is 5.92 Å². The number of aromatic nitrogens is 2. The van der Waals surface area contributed by atoms with Crippen molar-refractivity contribution in [3.05, 3.63) is 30.1 Å². The van der Waals surface area contributed by atoms with Crippen molar-refractivity contribution >= 4 is 16.9 Å². The molecule has 3 heterocycles. The van der Waals surface area contributed by atoms with Crippen molar-refractivity contribution in [3.8, 4) is 0 Å². The zero-order chi connectivity index (χ0) is 17.4. The Morgan fingerprint density at radius 1 is 1.24 bits per heavy atom. The number of nitrogens with zero attached hydrogens (tertiary/aromatic N) is 3. The van der Waals surface area contributed by atoms with Crippen molar-refractivity contribution in [1.82, 2.24) is 19.8 Å². The van der Waals surface area contributed by atoms with E-state index in [1.165, 1.54) is 11.9 Å². The van der Waals surface area contributed by atoms with Crippen LogP contribution in [0.2, 0.25) is 0 Å². The van der Waals surface area contributed by atoms with Crippen LogP contribution >= 0.6 is 0 Å². The van der Waals surface area contributed by atoms with E-state index < -0.39 is 0 Å². The second kappa shape index (κ2) is 6.79. The quantitative estimate of drug-likeness (QED) is 0.910. The maximum atomic E-state index is 11.9. The zero-order valence-electron chi connectivity index (χ0n) is 15.2. The van der Waals surface area contributed by atoms with Gasteiger partial charge in [0.1, 0.15) is 5.82 Å². The van der Waals surface area contributed by atoms with Crippen LogP contribution in [0.5, 0.6) is 0 Å². The highest BCUT2D eigenvalue weighted by molar-refractivity contribution is 5.77. The maximum Gasteiger partial charge on any atom is 0.221 e. The molecular formula is C20H28N4O. The third kappa shape index (κ3) is 3.30. The van der Waals surface area contributed by atoms with Crippen LogP contribution in [-0.4, -0.2) is 39.0 Å². The second-order valence-corrected chi connectivity index (χ2v) is 7.92. The fraction of sp³-hybridized carbons (Fsp3) is 0.600. The first-order valence-electron chi connectivity index (χ1n) is 9.58. The number of imidazole rings is 1. The summed E-state index contributed by atoms with van der Waals surface area (Å²) in [5.74, 6) is 2.02. The molecule has 2 fully saturated rings. The van der Waals surface area contributed by atoms with Crippen molar-refractivity contribution in [1.29, 1.82) is 0 Å². The van der Waals surface area contributed by atoms with Gasteiger partial charge in [0.15, 0.2) is 0 Å². The van der Waals surface area contributed by atoms with Gasteiger partial charge in [0.05, 0.1) is 17.6 Å². The summed E-state index contributed by atoms with van der Waals surface area (Å²) < 4.78 is 2.40. The maximum absolute atomic E-state index is 11.9. The minimum atomic E-state index is 0.200. The first-order valence-corrected chi connectivity index (χ1v) is 9.58. The second-order valence-electron chi connectivity index (χ2n) is 7.92.